The average Bonchev–Trinajstić information content (AvgIpc) is 2.96. The van der Waals surface area contributed by atoms with Crippen LogP contribution in [0, 0.1) is 0 Å². The van der Waals surface area contributed by atoms with Gasteiger partial charge in [-0.2, -0.15) is 13.2 Å². The molecule has 0 aromatic carbocycles. The summed E-state index contributed by atoms with van der Waals surface area (Å²) in [6.45, 7) is 0.427. The Morgan fingerprint density at radius 2 is 2.15 bits per heavy atom. The summed E-state index contributed by atoms with van der Waals surface area (Å²) in [5.41, 5.74) is -0.208. The maximum Gasteiger partial charge on any atom is 0.445 e. The van der Waals surface area contributed by atoms with Crippen molar-refractivity contribution in [2.45, 2.75) is 12.7 Å². The number of hydrogen-bond acceptors (Lipinski definition) is 7. The van der Waals surface area contributed by atoms with Crippen molar-refractivity contribution >= 4 is 22.4 Å². The van der Waals surface area contributed by atoms with E-state index in [4.69, 9.17) is 5.11 Å². The highest BCUT2D eigenvalue weighted by Crippen LogP contribution is 2.32. The van der Waals surface area contributed by atoms with Crippen LogP contribution in [0.25, 0.3) is 0 Å². The molecule has 8 nitrogen and oxygen atoms in total. The highest BCUT2D eigenvalue weighted by molar-refractivity contribution is 7.15. The van der Waals surface area contributed by atoms with Crippen molar-refractivity contribution in [1.29, 1.82) is 0 Å². The van der Waals surface area contributed by atoms with Crippen LogP contribution in [-0.2, 0) is 12.7 Å². The lowest BCUT2D eigenvalue weighted by Gasteiger charge is -2.01. The molecule has 0 radical (unpaired) electrons. The second kappa shape index (κ2) is 5.40. The van der Waals surface area contributed by atoms with E-state index in [1.165, 1.54) is 10.9 Å². The molecule has 12 heteroatoms. The summed E-state index contributed by atoms with van der Waals surface area (Å²) in [6, 6.07) is 0. The molecule has 2 heterocycles. The molecule has 0 aliphatic heterocycles. The van der Waals surface area contributed by atoms with Crippen LogP contribution in [-0.4, -0.2) is 42.8 Å². The first kappa shape index (κ1) is 14.2. The predicted octanol–water partition coefficient (Wildman–Crippen LogP) is 0.959. The van der Waals surface area contributed by atoms with Crippen molar-refractivity contribution in [3.05, 3.63) is 16.9 Å². The fourth-order valence-electron chi connectivity index (χ4n) is 1.19. The molecule has 0 unspecified atom stereocenters. The van der Waals surface area contributed by atoms with Gasteiger partial charge in [0.05, 0.1) is 12.7 Å². The van der Waals surface area contributed by atoms with E-state index in [1.54, 1.807) is 0 Å². The van der Waals surface area contributed by atoms with Crippen molar-refractivity contribution in [2.75, 3.05) is 11.9 Å². The van der Waals surface area contributed by atoms with E-state index >= 15 is 0 Å². The fraction of sp³-hybridized carbons (Fsp3) is 0.375. The molecule has 0 saturated heterocycles. The summed E-state index contributed by atoms with van der Waals surface area (Å²) in [4.78, 5) is 10.6. The van der Waals surface area contributed by atoms with E-state index in [1.807, 2.05) is 0 Å². The Labute approximate surface area is 113 Å². The minimum Gasteiger partial charge on any atom is -0.476 e. The Morgan fingerprint density at radius 1 is 1.40 bits per heavy atom. The number of carboxylic acids is 1. The fourth-order valence-corrected chi connectivity index (χ4v) is 1.83. The third kappa shape index (κ3) is 3.40. The largest absolute Gasteiger partial charge is 0.476 e. The van der Waals surface area contributed by atoms with Gasteiger partial charge in [-0.15, -0.1) is 15.3 Å². The summed E-state index contributed by atoms with van der Waals surface area (Å²) >= 11 is 0.387. The molecule has 2 aromatic rings. The summed E-state index contributed by atoms with van der Waals surface area (Å²) < 4.78 is 38.1. The number of rotatable bonds is 5. The maximum absolute atomic E-state index is 12.3. The number of nitrogens with zero attached hydrogens (tertiary/aromatic N) is 5. The smallest absolute Gasteiger partial charge is 0.445 e. The first-order valence-corrected chi connectivity index (χ1v) is 5.96. The lowest BCUT2D eigenvalue weighted by atomic mass is 10.5. The van der Waals surface area contributed by atoms with Crippen molar-refractivity contribution < 1.29 is 23.1 Å². The van der Waals surface area contributed by atoms with Crippen molar-refractivity contribution in [3.63, 3.8) is 0 Å². The van der Waals surface area contributed by atoms with Crippen LogP contribution in [0.2, 0.25) is 0 Å². The van der Waals surface area contributed by atoms with E-state index in [0.717, 1.165) is 0 Å². The molecule has 20 heavy (non-hydrogen) atoms. The predicted molar refractivity (Wildman–Crippen MR) is 60.4 cm³/mol. The van der Waals surface area contributed by atoms with Gasteiger partial charge in [0.2, 0.25) is 10.1 Å². The Bertz CT molecular complexity index is 609. The zero-order valence-electron chi connectivity index (χ0n) is 9.63. The van der Waals surface area contributed by atoms with Gasteiger partial charge < -0.3 is 10.4 Å². The second-order valence-corrected chi connectivity index (χ2v) is 4.49. The van der Waals surface area contributed by atoms with Gasteiger partial charge in [-0.3, -0.25) is 0 Å². The zero-order chi connectivity index (χ0) is 14.8. The quantitative estimate of drug-likeness (QED) is 0.847. The van der Waals surface area contributed by atoms with Gasteiger partial charge >= 0.3 is 12.1 Å². The average molecular weight is 308 g/mol. The summed E-state index contributed by atoms with van der Waals surface area (Å²) in [7, 11) is 0. The molecule has 0 atom stereocenters. The molecular weight excluding hydrogens is 301 g/mol. The topological polar surface area (TPSA) is 106 Å². The number of anilines is 1. The normalized spacial score (nSPS) is 11.6. The number of nitrogens with one attached hydrogen (secondary N) is 1. The molecule has 2 rings (SSSR count). The van der Waals surface area contributed by atoms with Crippen LogP contribution in [0.4, 0.5) is 18.3 Å². The SMILES string of the molecule is O=C(O)c1cn(CCNc2nnc(C(F)(F)F)s2)nn1. The first-order chi connectivity index (χ1) is 9.36. The van der Waals surface area contributed by atoms with Crippen LogP contribution in [0.1, 0.15) is 15.5 Å². The number of alkyl halides is 3. The Balaban J connectivity index is 1.86. The van der Waals surface area contributed by atoms with Crippen LogP contribution in [0.5, 0.6) is 0 Å². The molecule has 0 amide bonds. The third-order valence-corrected chi connectivity index (χ3v) is 2.97. The van der Waals surface area contributed by atoms with Gasteiger partial charge in [0.15, 0.2) is 5.69 Å². The first-order valence-electron chi connectivity index (χ1n) is 5.14. The standard InChI is InChI=1S/C8H7F3N6O2S/c9-8(10,11)6-14-15-7(20-6)12-1-2-17-3-4(5(18)19)13-16-17/h3H,1-2H2,(H,12,15)(H,18,19). The maximum atomic E-state index is 12.3. The van der Waals surface area contributed by atoms with Gasteiger partial charge in [-0.05, 0) is 0 Å². The molecule has 0 aliphatic rings. The summed E-state index contributed by atoms with van der Waals surface area (Å²) in [5, 5.41) is 23.5. The van der Waals surface area contributed by atoms with E-state index in [-0.39, 0.29) is 23.9 Å². The van der Waals surface area contributed by atoms with Crippen molar-refractivity contribution in [2.24, 2.45) is 0 Å². The van der Waals surface area contributed by atoms with Gasteiger partial charge in [-0.25, -0.2) is 9.48 Å². The Kier molecular flexibility index (Phi) is 3.83. The number of carbonyl (C=O) groups is 1. The molecule has 0 aliphatic carbocycles. The van der Waals surface area contributed by atoms with Crippen LogP contribution in [0.3, 0.4) is 0 Å². The van der Waals surface area contributed by atoms with Crippen LogP contribution >= 0.6 is 11.3 Å². The third-order valence-electron chi connectivity index (χ3n) is 2.04. The highest BCUT2D eigenvalue weighted by Gasteiger charge is 2.35. The number of halogens is 3. The molecular formula is C8H7F3N6O2S. The molecule has 2 N–H and O–H groups in total. The molecule has 2 aromatic heterocycles. The lowest BCUT2D eigenvalue weighted by Crippen LogP contribution is -2.10. The second-order valence-electron chi connectivity index (χ2n) is 3.51. The molecule has 108 valence electrons. The minimum atomic E-state index is -4.51. The van der Waals surface area contributed by atoms with Gasteiger partial charge in [0.25, 0.3) is 0 Å². The number of aromatic carboxylic acids is 1. The van der Waals surface area contributed by atoms with E-state index in [0.29, 0.717) is 11.3 Å². The Morgan fingerprint density at radius 3 is 2.70 bits per heavy atom. The van der Waals surface area contributed by atoms with Gasteiger partial charge in [0, 0.05) is 6.54 Å². The number of carboxylic acid groups (broad SMARTS) is 1. The van der Waals surface area contributed by atoms with Crippen LogP contribution in [0.15, 0.2) is 6.20 Å². The molecule has 0 bridgehead atoms. The monoisotopic (exact) mass is 308 g/mol. The van der Waals surface area contributed by atoms with Gasteiger partial charge in [-0.1, -0.05) is 16.6 Å². The van der Waals surface area contributed by atoms with Gasteiger partial charge in [0.1, 0.15) is 0 Å². The molecule has 0 saturated carbocycles. The zero-order valence-corrected chi connectivity index (χ0v) is 10.4. The number of hydrogen-bond donors (Lipinski definition) is 2. The molecule has 0 fully saturated rings. The van der Waals surface area contributed by atoms with Crippen molar-refractivity contribution in [1.82, 2.24) is 25.2 Å². The van der Waals surface area contributed by atoms with E-state index in [2.05, 4.69) is 25.8 Å². The highest BCUT2D eigenvalue weighted by atomic mass is 32.1. The summed E-state index contributed by atoms with van der Waals surface area (Å²) in [6.07, 6.45) is -3.30. The van der Waals surface area contributed by atoms with Crippen LogP contribution < -0.4 is 5.32 Å². The summed E-state index contributed by atoms with van der Waals surface area (Å²) in [5.74, 6) is -1.21. The van der Waals surface area contributed by atoms with E-state index < -0.39 is 17.2 Å². The Hall–Kier alpha value is -2.24. The molecule has 0 spiro atoms. The number of aromatic nitrogens is 5. The lowest BCUT2D eigenvalue weighted by molar-refractivity contribution is -0.138. The van der Waals surface area contributed by atoms with E-state index in [9.17, 15) is 18.0 Å². The minimum absolute atomic E-state index is 0.0240. The van der Waals surface area contributed by atoms with Crippen molar-refractivity contribution in [3.8, 4) is 0 Å².